The lowest BCUT2D eigenvalue weighted by molar-refractivity contribution is -0.305. The van der Waals surface area contributed by atoms with E-state index < -0.39 is 48.8 Å². The predicted octanol–water partition coefficient (Wildman–Crippen LogP) is 3.02. The first-order valence-corrected chi connectivity index (χ1v) is 7.40. The second kappa shape index (κ2) is 8.04. The van der Waals surface area contributed by atoms with Gasteiger partial charge in [-0.15, -0.1) is 0 Å². The average molecular weight is 383 g/mol. The van der Waals surface area contributed by atoms with Gasteiger partial charge in [-0.2, -0.15) is 13.9 Å². The number of ether oxygens (including phenoxy) is 1. The molecule has 1 aromatic carbocycles. The van der Waals surface area contributed by atoms with Gasteiger partial charge in [0.2, 0.25) is 0 Å². The normalized spacial score (nSPS) is 15.9. The Balaban J connectivity index is 2.25. The number of hydrogen-bond acceptors (Lipinski definition) is 4. The number of hydrogen-bond donors (Lipinski definition) is 1. The van der Waals surface area contributed by atoms with Crippen molar-refractivity contribution in [3.05, 3.63) is 48.1 Å². The van der Waals surface area contributed by atoms with Gasteiger partial charge >= 0.3 is 12.5 Å². The number of rotatable bonds is 8. The van der Waals surface area contributed by atoms with Crippen LogP contribution in [-0.2, 0) is 4.74 Å². The number of halogens is 6. The van der Waals surface area contributed by atoms with Crippen molar-refractivity contribution in [3.63, 3.8) is 0 Å². The minimum atomic E-state index is -4.68. The molecule has 0 bridgehead atoms. The summed E-state index contributed by atoms with van der Waals surface area (Å²) in [7, 11) is 0. The second-order valence-corrected chi connectivity index (χ2v) is 5.63. The molecule has 0 aliphatic heterocycles. The molecular weight excluding hydrogens is 368 g/mol. The molecule has 0 amide bonds. The van der Waals surface area contributed by atoms with Crippen molar-refractivity contribution in [2.24, 2.45) is 5.92 Å². The van der Waals surface area contributed by atoms with Crippen LogP contribution in [0, 0.1) is 17.6 Å². The molecule has 0 saturated carbocycles. The highest BCUT2D eigenvalue weighted by Gasteiger charge is 2.43. The van der Waals surface area contributed by atoms with Gasteiger partial charge in [0.1, 0.15) is 30.3 Å². The van der Waals surface area contributed by atoms with Crippen LogP contribution in [0.4, 0.5) is 26.3 Å². The third kappa shape index (κ3) is 4.52. The lowest BCUT2D eigenvalue weighted by Crippen LogP contribution is -2.38. The Morgan fingerprint density at radius 1 is 1.27 bits per heavy atom. The highest BCUT2D eigenvalue weighted by Crippen LogP contribution is 2.30. The van der Waals surface area contributed by atoms with Gasteiger partial charge in [-0.25, -0.2) is 27.2 Å². The molecule has 0 radical (unpaired) electrons. The second-order valence-electron chi connectivity index (χ2n) is 5.63. The Morgan fingerprint density at radius 3 is 2.50 bits per heavy atom. The Bertz CT molecular complexity index is 713. The van der Waals surface area contributed by atoms with Crippen molar-refractivity contribution in [1.29, 1.82) is 0 Å². The summed E-state index contributed by atoms with van der Waals surface area (Å²) in [4.78, 5) is 3.66. The largest absolute Gasteiger partial charge is 0.416 e. The standard InChI is InChI=1S/C15H15F6N3O2/c1-8(5-26-15(20,21)14(18)19)13(25)12(24-7-22-6-23-24)10-3-2-9(16)4-11(10)17/h2-4,6-8,12-14,25H,5H2,1H3. The van der Waals surface area contributed by atoms with E-state index in [9.17, 15) is 31.4 Å². The molecule has 3 unspecified atom stereocenters. The fourth-order valence-corrected chi connectivity index (χ4v) is 2.30. The first kappa shape index (κ1) is 20.2. The fourth-order valence-electron chi connectivity index (χ4n) is 2.30. The SMILES string of the molecule is CC(COC(F)(F)C(F)F)C(O)C(c1ccc(F)cc1F)n1cncn1. The summed E-state index contributed by atoms with van der Waals surface area (Å²) in [6.45, 7) is 0.310. The smallest absolute Gasteiger partial charge is 0.390 e. The van der Waals surface area contributed by atoms with Gasteiger partial charge in [0.05, 0.1) is 12.7 Å². The van der Waals surface area contributed by atoms with E-state index >= 15 is 0 Å². The van der Waals surface area contributed by atoms with E-state index in [1.54, 1.807) is 0 Å². The fraction of sp³-hybridized carbons (Fsp3) is 0.467. The minimum absolute atomic E-state index is 0.183. The van der Waals surface area contributed by atoms with Crippen LogP contribution in [0.2, 0.25) is 0 Å². The lowest BCUT2D eigenvalue weighted by atomic mass is 9.92. The third-order valence-electron chi connectivity index (χ3n) is 3.70. The highest BCUT2D eigenvalue weighted by atomic mass is 19.3. The van der Waals surface area contributed by atoms with Gasteiger partial charge in [0.25, 0.3) is 0 Å². The van der Waals surface area contributed by atoms with Gasteiger partial charge in [-0.1, -0.05) is 13.0 Å². The van der Waals surface area contributed by atoms with Crippen LogP contribution in [0.25, 0.3) is 0 Å². The maximum atomic E-state index is 14.1. The van der Waals surface area contributed by atoms with Crippen molar-refractivity contribution in [3.8, 4) is 0 Å². The summed E-state index contributed by atoms with van der Waals surface area (Å²) in [6, 6.07) is 1.32. The summed E-state index contributed by atoms with van der Waals surface area (Å²) < 4.78 is 82.3. The molecule has 1 aromatic heterocycles. The quantitative estimate of drug-likeness (QED) is 0.712. The summed E-state index contributed by atoms with van der Waals surface area (Å²) in [6.07, 6.45) is -8.07. The number of nitrogens with zero attached hydrogens (tertiary/aromatic N) is 3. The number of aliphatic hydroxyl groups is 1. The Morgan fingerprint density at radius 2 is 1.96 bits per heavy atom. The summed E-state index contributed by atoms with van der Waals surface area (Å²) >= 11 is 0. The highest BCUT2D eigenvalue weighted by molar-refractivity contribution is 5.24. The van der Waals surface area contributed by atoms with Crippen molar-refractivity contribution < 1.29 is 36.2 Å². The van der Waals surface area contributed by atoms with Gasteiger partial charge in [-0.05, 0) is 6.07 Å². The zero-order chi connectivity index (χ0) is 19.5. The van der Waals surface area contributed by atoms with E-state index in [4.69, 9.17) is 0 Å². The van der Waals surface area contributed by atoms with Gasteiger partial charge < -0.3 is 9.84 Å². The van der Waals surface area contributed by atoms with Crippen LogP contribution in [0.15, 0.2) is 30.9 Å². The van der Waals surface area contributed by atoms with Crippen molar-refractivity contribution in [2.75, 3.05) is 6.61 Å². The van der Waals surface area contributed by atoms with Crippen LogP contribution in [-0.4, -0.2) is 45.1 Å². The topological polar surface area (TPSA) is 60.2 Å². The van der Waals surface area contributed by atoms with E-state index in [1.165, 1.54) is 6.92 Å². The number of aliphatic hydroxyl groups excluding tert-OH is 1. The van der Waals surface area contributed by atoms with Gasteiger partial charge in [0, 0.05) is 17.5 Å². The molecule has 144 valence electrons. The first-order valence-electron chi connectivity index (χ1n) is 7.40. The van der Waals surface area contributed by atoms with E-state index in [2.05, 4.69) is 14.8 Å². The summed E-state index contributed by atoms with van der Waals surface area (Å²) in [5.74, 6) is -2.99. The minimum Gasteiger partial charge on any atom is -0.390 e. The van der Waals surface area contributed by atoms with Crippen molar-refractivity contribution in [2.45, 2.75) is 31.6 Å². The van der Waals surface area contributed by atoms with Crippen LogP contribution < -0.4 is 0 Å². The molecule has 1 N–H and O–H groups in total. The maximum Gasteiger partial charge on any atom is 0.416 e. The van der Waals surface area contributed by atoms with E-state index in [0.29, 0.717) is 6.07 Å². The Hall–Kier alpha value is -2.14. The van der Waals surface area contributed by atoms with Crippen LogP contribution >= 0.6 is 0 Å². The van der Waals surface area contributed by atoms with Crippen molar-refractivity contribution >= 4 is 0 Å². The molecule has 2 aromatic rings. The predicted molar refractivity (Wildman–Crippen MR) is 76.6 cm³/mol. The van der Waals surface area contributed by atoms with Crippen LogP contribution in [0.1, 0.15) is 18.5 Å². The number of alkyl halides is 4. The lowest BCUT2D eigenvalue weighted by Gasteiger charge is -2.29. The first-order chi connectivity index (χ1) is 12.1. The molecule has 2 rings (SSSR count). The number of aromatic nitrogens is 3. The third-order valence-corrected chi connectivity index (χ3v) is 3.70. The maximum absolute atomic E-state index is 14.1. The van der Waals surface area contributed by atoms with Gasteiger partial charge in [-0.3, -0.25) is 0 Å². The zero-order valence-electron chi connectivity index (χ0n) is 13.4. The Labute approximate surface area is 144 Å². The molecule has 0 aliphatic rings. The van der Waals surface area contributed by atoms with Gasteiger partial charge in [0.15, 0.2) is 0 Å². The molecule has 0 fully saturated rings. The molecular formula is C15H15F6N3O2. The Kier molecular flexibility index (Phi) is 6.24. The van der Waals surface area contributed by atoms with Crippen LogP contribution in [0.5, 0.6) is 0 Å². The van der Waals surface area contributed by atoms with Crippen molar-refractivity contribution in [1.82, 2.24) is 14.8 Å². The van der Waals surface area contributed by atoms with E-state index in [0.717, 1.165) is 29.5 Å². The molecule has 26 heavy (non-hydrogen) atoms. The zero-order valence-corrected chi connectivity index (χ0v) is 13.4. The number of benzene rings is 1. The molecule has 5 nitrogen and oxygen atoms in total. The molecule has 1 heterocycles. The van der Waals surface area contributed by atoms with Crippen LogP contribution in [0.3, 0.4) is 0 Å². The molecule has 3 atom stereocenters. The molecule has 0 saturated heterocycles. The summed E-state index contributed by atoms with van der Waals surface area (Å²) in [5, 5.41) is 14.2. The molecule has 0 aliphatic carbocycles. The monoisotopic (exact) mass is 383 g/mol. The van der Waals surface area contributed by atoms with E-state index in [1.807, 2.05) is 0 Å². The van der Waals surface area contributed by atoms with E-state index in [-0.39, 0.29) is 5.56 Å². The average Bonchev–Trinajstić information content (AvgIpc) is 3.08. The molecule has 11 heteroatoms. The summed E-state index contributed by atoms with van der Waals surface area (Å²) in [5.41, 5.74) is -0.183. The molecule has 0 spiro atoms.